The summed E-state index contributed by atoms with van der Waals surface area (Å²) in [6.45, 7) is 6.53. The first-order valence-corrected chi connectivity index (χ1v) is 4.64. The first-order chi connectivity index (χ1) is 6.28. The van der Waals surface area contributed by atoms with E-state index in [1.807, 2.05) is 0 Å². The van der Waals surface area contributed by atoms with E-state index in [2.05, 4.69) is 5.32 Å². The summed E-state index contributed by atoms with van der Waals surface area (Å²) in [7, 11) is 0. The molecule has 1 saturated heterocycles. The smallest absolute Gasteiger partial charge is 0.231 e. The van der Waals surface area contributed by atoms with Crippen molar-refractivity contribution in [3.63, 3.8) is 0 Å². The summed E-state index contributed by atoms with van der Waals surface area (Å²) >= 11 is 0. The summed E-state index contributed by atoms with van der Waals surface area (Å²) in [5.74, 6) is -1.63. The topological polar surface area (TPSA) is 63.2 Å². The van der Waals surface area contributed by atoms with Crippen LogP contribution in [0.5, 0.6) is 0 Å². The van der Waals surface area contributed by atoms with Gasteiger partial charge in [0, 0.05) is 11.3 Å². The highest BCUT2D eigenvalue weighted by Crippen LogP contribution is 2.36. The predicted octanol–water partition coefficient (Wildman–Crippen LogP) is 0.510. The molecule has 0 saturated carbocycles. The van der Waals surface area contributed by atoms with E-state index >= 15 is 0 Å². The summed E-state index contributed by atoms with van der Waals surface area (Å²) < 4.78 is 0. The van der Waals surface area contributed by atoms with Crippen molar-refractivity contribution in [2.24, 2.45) is 17.3 Å². The molecule has 2 unspecified atom stereocenters. The van der Waals surface area contributed by atoms with Gasteiger partial charge in [-0.25, -0.2) is 0 Å². The van der Waals surface area contributed by atoms with Crippen LogP contribution < -0.4 is 5.32 Å². The lowest BCUT2D eigenvalue weighted by Crippen LogP contribution is -2.38. The second kappa shape index (κ2) is 3.19. The molecule has 0 spiro atoms. The van der Waals surface area contributed by atoms with Gasteiger partial charge in [-0.3, -0.25) is 19.7 Å². The zero-order valence-electron chi connectivity index (χ0n) is 8.88. The SMILES string of the molecule is CC(=O)C(C)(C)C1C(=O)NC(=O)C1C. The fourth-order valence-electron chi connectivity index (χ4n) is 1.86. The molecule has 1 N–H and O–H groups in total. The molecule has 0 radical (unpaired) electrons. The lowest BCUT2D eigenvalue weighted by atomic mass is 9.71. The van der Waals surface area contributed by atoms with Gasteiger partial charge in [-0.15, -0.1) is 0 Å². The number of imide groups is 1. The van der Waals surface area contributed by atoms with Gasteiger partial charge in [0.05, 0.1) is 5.92 Å². The average molecular weight is 197 g/mol. The maximum atomic E-state index is 11.5. The number of nitrogens with one attached hydrogen (secondary N) is 1. The van der Waals surface area contributed by atoms with Gasteiger partial charge >= 0.3 is 0 Å². The van der Waals surface area contributed by atoms with Gasteiger partial charge in [-0.05, 0) is 6.92 Å². The van der Waals surface area contributed by atoms with E-state index in [1.165, 1.54) is 6.92 Å². The lowest BCUT2D eigenvalue weighted by molar-refractivity contribution is -0.136. The van der Waals surface area contributed by atoms with Crippen molar-refractivity contribution in [2.45, 2.75) is 27.7 Å². The van der Waals surface area contributed by atoms with Gasteiger partial charge in [0.15, 0.2) is 0 Å². The quantitative estimate of drug-likeness (QED) is 0.656. The largest absolute Gasteiger partial charge is 0.299 e. The van der Waals surface area contributed by atoms with Gasteiger partial charge < -0.3 is 0 Å². The Labute approximate surface area is 83.1 Å². The zero-order valence-corrected chi connectivity index (χ0v) is 8.88. The summed E-state index contributed by atoms with van der Waals surface area (Å²) in [5, 5.41) is 2.25. The number of hydrogen-bond acceptors (Lipinski definition) is 3. The Kier molecular flexibility index (Phi) is 2.48. The van der Waals surface area contributed by atoms with Crippen LogP contribution in [0, 0.1) is 17.3 Å². The van der Waals surface area contributed by atoms with Crippen LogP contribution in [0.25, 0.3) is 0 Å². The molecule has 1 aliphatic rings. The van der Waals surface area contributed by atoms with Crippen molar-refractivity contribution >= 4 is 17.6 Å². The van der Waals surface area contributed by atoms with Crippen LogP contribution in [0.3, 0.4) is 0 Å². The van der Waals surface area contributed by atoms with Gasteiger partial charge in [0.1, 0.15) is 5.78 Å². The number of hydrogen-bond donors (Lipinski definition) is 1. The minimum atomic E-state index is -0.768. The number of amides is 2. The average Bonchev–Trinajstić information content (AvgIpc) is 2.26. The molecule has 0 aromatic carbocycles. The number of ketones is 1. The molecular weight excluding hydrogens is 182 g/mol. The van der Waals surface area contributed by atoms with Crippen molar-refractivity contribution in [2.75, 3.05) is 0 Å². The number of rotatable bonds is 2. The Morgan fingerprint density at radius 1 is 1.29 bits per heavy atom. The van der Waals surface area contributed by atoms with E-state index < -0.39 is 17.3 Å². The van der Waals surface area contributed by atoms with Crippen LogP contribution in [0.15, 0.2) is 0 Å². The number of carbonyl (C=O) groups is 3. The Morgan fingerprint density at radius 2 is 1.79 bits per heavy atom. The highest BCUT2D eigenvalue weighted by atomic mass is 16.2. The van der Waals surface area contributed by atoms with Gasteiger partial charge in [0.2, 0.25) is 11.8 Å². The van der Waals surface area contributed by atoms with Crippen LogP contribution in [0.4, 0.5) is 0 Å². The third-order valence-corrected chi connectivity index (χ3v) is 3.13. The second-order valence-corrected chi connectivity index (χ2v) is 4.40. The van der Waals surface area contributed by atoms with Gasteiger partial charge in [-0.2, -0.15) is 0 Å². The van der Waals surface area contributed by atoms with Crippen LogP contribution >= 0.6 is 0 Å². The first-order valence-electron chi connectivity index (χ1n) is 4.64. The Hall–Kier alpha value is -1.19. The summed E-state index contributed by atoms with van der Waals surface area (Å²) in [5.41, 5.74) is -0.768. The molecule has 2 atom stereocenters. The standard InChI is InChI=1S/C10H15NO3/c1-5-7(9(14)11-8(5)13)10(3,4)6(2)12/h5,7H,1-4H3,(H,11,13,14). The lowest BCUT2D eigenvalue weighted by Gasteiger charge is -2.28. The molecule has 1 fully saturated rings. The maximum absolute atomic E-state index is 11.5. The van der Waals surface area contributed by atoms with E-state index in [0.29, 0.717) is 0 Å². The van der Waals surface area contributed by atoms with E-state index in [4.69, 9.17) is 0 Å². The van der Waals surface area contributed by atoms with E-state index in [-0.39, 0.29) is 17.6 Å². The molecule has 0 bridgehead atoms. The minimum absolute atomic E-state index is 0.0702. The third kappa shape index (κ3) is 1.45. The Morgan fingerprint density at radius 3 is 2.07 bits per heavy atom. The Bertz CT molecular complexity index is 306. The zero-order chi connectivity index (χ0) is 11.1. The first kappa shape index (κ1) is 10.9. The monoisotopic (exact) mass is 197 g/mol. The molecule has 1 aliphatic heterocycles. The van der Waals surface area contributed by atoms with E-state index in [1.54, 1.807) is 20.8 Å². The molecular formula is C10H15NO3. The molecule has 0 aromatic rings. The molecule has 14 heavy (non-hydrogen) atoms. The molecule has 4 nitrogen and oxygen atoms in total. The van der Waals surface area contributed by atoms with E-state index in [0.717, 1.165) is 0 Å². The minimum Gasteiger partial charge on any atom is -0.299 e. The molecule has 2 amide bonds. The molecule has 78 valence electrons. The summed E-state index contributed by atoms with van der Waals surface area (Å²) in [4.78, 5) is 34.0. The highest BCUT2D eigenvalue weighted by molar-refractivity contribution is 6.07. The van der Waals surface area contributed by atoms with Crippen LogP contribution in [-0.4, -0.2) is 17.6 Å². The third-order valence-electron chi connectivity index (χ3n) is 3.13. The van der Waals surface area contributed by atoms with Crippen molar-refractivity contribution in [1.29, 1.82) is 0 Å². The van der Waals surface area contributed by atoms with Crippen LogP contribution in [-0.2, 0) is 14.4 Å². The number of Topliss-reactive ketones (excluding diaryl/α,β-unsaturated/α-hetero) is 1. The summed E-state index contributed by atoms with van der Waals surface area (Å²) in [6, 6.07) is 0. The maximum Gasteiger partial charge on any atom is 0.231 e. The van der Waals surface area contributed by atoms with Crippen LogP contribution in [0.2, 0.25) is 0 Å². The number of carbonyl (C=O) groups excluding carboxylic acids is 3. The van der Waals surface area contributed by atoms with Crippen molar-refractivity contribution in [3.8, 4) is 0 Å². The van der Waals surface area contributed by atoms with Gasteiger partial charge in [-0.1, -0.05) is 20.8 Å². The molecule has 4 heteroatoms. The second-order valence-electron chi connectivity index (χ2n) is 4.40. The predicted molar refractivity (Wildman–Crippen MR) is 50.3 cm³/mol. The molecule has 1 heterocycles. The molecule has 1 rings (SSSR count). The van der Waals surface area contributed by atoms with Crippen molar-refractivity contribution < 1.29 is 14.4 Å². The summed E-state index contributed by atoms with van der Waals surface area (Å²) in [6.07, 6.45) is 0. The van der Waals surface area contributed by atoms with Crippen molar-refractivity contribution in [3.05, 3.63) is 0 Å². The fourth-order valence-corrected chi connectivity index (χ4v) is 1.86. The van der Waals surface area contributed by atoms with Crippen LogP contribution in [0.1, 0.15) is 27.7 Å². The van der Waals surface area contributed by atoms with Crippen molar-refractivity contribution in [1.82, 2.24) is 5.32 Å². The Balaban J connectivity index is 3.04. The van der Waals surface area contributed by atoms with E-state index in [9.17, 15) is 14.4 Å². The highest BCUT2D eigenvalue weighted by Gasteiger charge is 2.49. The normalized spacial score (nSPS) is 27.7. The fraction of sp³-hybridized carbons (Fsp3) is 0.700. The molecule has 0 aliphatic carbocycles. The molecule has 0 aromatic heterocycles. The van der Waals surface area contributed by atoms with Gasteiger partial charge in [0.25, 0.3) is 0 Å².